The minimum atomic E-state index is -0.891. The summed E-state index contributed by atoms with van der Waals surface area (Å²) in [6.07, 6.45) is 8.71. The largest absolute Gasteiger partial charge is 0.478 e. The van der Waals surface area contributed by atoms with Gasteiger partial charge >= 0.3 is 5.97 Å². The molecule has 0 aliphatic carbocycles. The van der Waals surface area contributed by atoms with Crippen LogP contribution in [0.5, 0.6) is 0 Å². The standard InChI is InChI=1S/C17H20N2O2/c1-2-3-4-16-18-11-14(12-19-16)6-5-13-7-9-15(10-8-13)17(20)21/h7-12H,2-6H2,1H3,(H,20,21). The molecule has 4 heteroatoms. The van der Waals surface area contributed by atoms with Crippen LogP contribution in [-0.2, 0) is 19.3 Å². The van der Waals surface area contributed by atoms with E-state index in [1.54, 1.807) is 12.1 Å². The van der Waals surface area contributed by atoms with Gasteiger partial charge in [0.05, 0.1) is 5.56 Å². The van der Waals surface area contributed by atoms with Crippen molar-refractivity contribution >= 4 is 5.97 Å². The summed E-state index contributed by atoms with van der Waals surface area (Å²) in [5, 5.41) is 8.85. The third-order valence-corrected chi connectivity index (χ3v) is 3.42. The number of aryl methyl sites for hydroxylation is 3. The highest BCUT2D eigenvalue weighted by atomic mass is 16.4. The molecule has 0 bridgehead atoms. The van der Waals surface area contributed by atoms with Gasteiger partial charge in [0, 0.05) is 18.8 Å². The summed E-state index contributed by atoms with van der Waals surface area (Å²) in [5.74, 6) is 0.0176. The first-order valence-corrected chi connectivity index (χ1v) is 7.31. The molecule has 1 heterocycles. The number of aromatic carboxylic acids is 1. The first-order valence-electron chi connectivity index (χ1n) is 7.31. The Hall–Kier alpha value is -2.23. The molecule has 110 valence electrons. The van der Waals surface area contributed by atoms with Crippen LogP contribution < -0.4 is 0 Å². The fourth-order valence-electron chi connectivity index (χ4n) is 2.08. The van der Waals surface area contributed by atoms with E-state index in [0.717, 1.165) is 49.1 Å². The van der Waals surface area contributed by atoms with E-state index in [1.807, 2.05) is 24.5 Å². The van der Waals surface area contributed by atoms with Crippen LogP contribution >= 0.6 is 0 Å². The first kappa shape index (κ1) is 15.2. The lowest BCUT2D eigenvalue weighted by molar-refractivity contribution is 0.0697. The van der Waals surface area contributed by atoms with Gasteiger partial charge in [-0.15, -0.1) is 0 Å². The van der Waals surface area contributed by atoms with Crippen molar-refractivity contribution in [2.75, 3.05) is 0 Å². The number of benzene rings is 1. The molecule has 1 aromatic heterocycles. The summed E-state index contributed by atoms with van der Waals surface area (Å²) in [4.78, 5) is 19.5. The molecule has 4 nitrogen and oxygen atoms in total. The van der Waals surface area contributed by atoms with Gasteiger partial charge in [-0.05, 0) is 42.5 Å². The van der Waals surface area contributed by atoms with E-state index in [-0.39, 0.29) is 0 Å². The Labute approximate surface area is 124 Å². The number of rotatable bonds is 7. The summed E-state index contributed by atoms with van der Waals surface area (Å²) in [6, 6.07) is 7.00. The zero-order valence-electron chi connectivity index (χ0n) is 12.2. The molecule has 2 aromatic rings. The predicted molar refractivity (Wildman–Crippen MR) is 81.5 cm³/mol. The van der Waals surface area contributed by atoms with Crippen LogP contribution in [0.1, 0.15) is 47.1 Å². The number of unbranched alkanes of at least 4 members (excludes halogenated alkanes) is 1. The molecule has 0 aliphatic heterocycles. The fourth-order valence-corrected chi connectivity index (χ4v) is 2.08. The van der Waals surface area contributed by atoms with Crippen molar-refractivity contribution < 1.29 is 9.90 Å². The summed E-state index contributed by atoms with van der Waals surface area (Å²) >= 11 is 0. The molecule has 0 fully saturated rings. The Morgan fingerprint density at radius 3 is 2.19 bits per heavy atom. The molecule has 0 spiro atoms. The number of aromatic nitrogens is 2. The Bertz CT molecular complexity index is 577. The molecule has 1 aromatic carbocycles. The Morgan fingerprint density at radius 1 is 1.00 bits per heavy atom. The van der Waals surface area contributed by atoms with Crippen molar-refractivity contribution in [1.29, 1.82) is 0 Å². The van der Waals surface area contributed by atoms with Crippen LogP contribution in [0.4, 0.5) is 0 Å². The molecule has 0 radical (unpaired) electrons. The molecule has 1 N–H and O–H groups in total. The van der Waals surface area contributed by atoms with E-state index in [0.29, 0.717) is 5.56 Å². The Kier molecular flexibility index (Phi) is 5.43. The van der Waals surface area contributed by atoms with Crippen molar-refractivity contribution in [3.63, 3.8) is 0 Å². The molecule has 0 atom stereocenters. The molecule has 0 unspecified atom stereocenters. The molecule has 21 heavy (non-hydrogen) atoms. The third-order valence-electron chi connectivity index (χ3n) is 3.42. The lowest BCUT2D eigenvalue weighted by atomic mass is 10.0. The molecule has 0 amide bonds. The van der Waals surface area contributed by atoms with Crippen LogP contribution in [0, 0.1) is 0 Å². The number of carboxylic acid groups (broad SMARTS) is 1. The number of carboxylic acids is 1. The second-order valence-corrected chi connectivity index (χ2v) is 5.11. The fraction of sp³-hybridized carbons (Fsp3) is 0.353. The van der Waals surface area contributed by atoms with Crippen molar-refractivity contribution in [3.8, 4) is 0 Å². The predicted octanol–water partition coefficient (Wildman–Crippen LogP) is 3.30. The zero-order valence-corrected chi connectivity index (χ0v) is 12.2. The van der Waals surface area contributed by atoms with Gasteiger partial charge in [-0.1, -0.05) is 25.5 Å². The van der Waals surface area contributed by atoms with E-state index >= 15 is 0 Å². The Balaban J connectivity index is 1.88. The summed E-state index contributed by atoms with van der Waals surface area (Å²) in [5.41, 5.74) is 2.55. The smallest absolute Gasteiger partial charge is 0.335 e. The van der Waals surface area contributed by atoms with Gasteiger partial charge in [-0.25, -0.2) is 14.8 Å². The number of hydrogen-bond donors (Lipinski definition) is 1. The second kappa shape index (κ2) is 7.53. The second-order valence-electron chi connectivity index (χ2n) is 5.11. The van der Waals surface area contributed by atoms with Crippen LogP contribution in [0.2, 0.25) is 0 Å². The van der Waals surface area contributed by atoms with Gasteiger partial charge in [-0.2, -0.15) is 0 Å². The van der Waals surface area contributed by atoms with Gasteiger partial charge in [0.15, 0.2) is 0 Å². The molecule has 0 saturated carbocycles. The number of nitrogens with zero attached hydrogens (tertiary/aromatic N) is 2. The van der Waals surface area contributed by atoms with Crippen molar-refractivity contribution in [1.82, 2.24) is 9.97 Å². The normalized spacial score (nSPS) is 10.5. The maximum Gasteiger partial charge on any atom is 0.335 e. The summed E-state index contributed by atoms with van der Waals surface area (Å²) in [7, 11) is 0. The SMILES string of the molecule is CCCCc1ncc(CCc2ccc(C(=O)O)cc2)cn1. The van der Waals surface area contributed by atoms with Crippen LogP contribution in [0.25, 0.3) is 0 Å². The topological polar surface area (TPSA) is 63.1 Å². The third kappa shape index (κ3) is 4.67. The number of hydrogen-bond acceptors (Lipinski definition) is 3. The van der Waals surface area contributed by atoms with Crippen LogP contribution in [-0.4, -0.2) is 21.0 Å². The maximum absolute atomic E-state index is 10.8. The quantitative estimate of drug-likeness (QED) is 0.847. The highest BCUT2D eigenvalue weighted by molar-refractivity contribution is 5.87. The Morgan fingerprint density at radius 2 is 1.62 bits per heavy atom. The highest BCUT2D eigenvalue weighted by Crippen LogP contribution is 2.09. The highest BCUT2D eigenvalue weighted by Gasteiger charge is 2.03. The minimum absolute atomic E-state index is 0.322. The van der Waals surface area contributed by atoms with Gasteiger partial charge in [-0.3, -0.25) is 0 Å². The van der Waals surface area contributed by atoms with Gasteiger partial charge in [0.25, 0.3) is 0 Å². The van der Waals surface area contributed by atoms with Crippen molar-refractivity contribution in [2.45, 2.75) is 39.0 Å². The average Bonchev–Trinajstić information content (AvgIpc) is 2.52. The van der Waals surface area contributed by atoms with Gasteiger partial charge in [0.2, 0.25) is 0 Å². The van der Waals surface area contributed by atoms with Crippen LogP contribution in [0.3, 0.4) is 0 Å². The van der Waals surface area contributed by atoms with Gasteiger partial charge < -0.3 is 5.11 Å². The summed E-state index contributed by atoms with van der Waals surface area (Å²) in [6.45, 7) is 2.16. The van der Waals surface area contributed by atoms with E-state index in [4.69, 9.17) is 5.11 Å². The molecular weight excluding hydrogens is 264 g/mol. The number of carbonyl (C=O) groups is 1. The molecular formula is C17H20N2O2. The molecule has 2 rings (SSSR count). The van der Waals surface area contributed by atoms with Crippen LogP contribution in [0.15, 0.2) is 36.7 Å². The van der Waals surface area contributed by atoms with Crippen molar-refractivity contribution in [2.24, 2.45) is 0 Å². The van der Waals surface area contributed by atoms with Gasteiger partial charge in [0.1, 0.15) is 5.82 Å². The lowest BCUT2D eigenvalue weighted by Gasteiger charge is -2.04. The van der Waals surface area contributed by atoms with E-state index in [1.165, 1.54) is 0 Å². The average molecular weight is 284 g/mol. The lowest BCUT2D eigenvalue weighted by Crippen LogP contribution is -1.99. The monoisotopic (exact) mass is 284 g/mol. The first-order chi connectivity index (χ1) is 10.2. The van der Waals surface area contributed by atoms with E-state index in [2.05, 4.69) is 16.9 Å². The van der Waals surface area contributed by atoms with Crippen molar-refractivity contribution in [3.05, 3.63) is 59.2 Å². The van der Waals surface area contributed by atoms with E-state index < -0.39 is 5.97 Å². The molecule has 0 saturated heterocycles. The minimum Gasteiger partial charge on any atom is -0.478 e. The maximum atomic E-state index is 10.8. The zero-order chi connectivity index (χ0) is 15.1. The molecule has 0 aliphatic rings. The summed E-state index contributed by atoms with van der Waals surface area (Å²) < 4.78 is 0. The van der Waals surface area contributed by atoms with E-state index in [9.17, 15) is 4.79 Å².